The van der Waals surface area contributed by atoms with Crippen molar-refractivity contribution >= 4 is 6.08 Å². The van der Waals surface area contributed by atoms with Crippen molar-refractivity contribution in [2.45, 2.75) is 13.3 Å². The Morgan fingerprint density at radius 1 is 1.54 bits per heavy atom. The molecule has 1 heterocycles. The summed E-state index contributed by atoms with van der Waals surface area (Å²) in [5.74, 6) is 0.943. The van der Waals surface area contributed by atoms with E-state index < -0.39 is 0 Å². The van der Waals surface area contributed by atoms with E-state index in [9.17, 15) is 0 Å². The van der Waals surface area contributed by atoms with E-state index in [-0.39, 0.29) is 0 Å². The normalized spacial score (nSPS) is 12.5. The summed E-state index contributed by atoms with van der Waals surface area (Å²) in [6.07, 6.45) is 4.88. The fourth-order valence-electron chi connectivity index (χ4n) is 1.24. The molecule has 0 fully saturated rings. The fourth-order valence-corrected chi connectivity index (χ4v) is 1.24. The Bertz CT molecular complexity index is 260. The molecule has 13 heavy (non-hydrogen) atoms. The number of hydrogen-bond acceptors (Lipinski definition) is 2. The van der Waals surface area contributed by atoms with Crippen molar-refractivity contribution in [1.29, 1.82) is 0 Å². The summed E-state index contributed by atoms with van der Waals surface area (Å²) in [4.78, 5) is 2.16. The van der Waals surface area contributed by atoms with Gasteiger partial charge in [0, 0.05) is 6.54 Å². The minimum absolute atomic E-state index is 0.943. The molecular formula is C11H17NO. The van der Waals surface area contributed by atoms with Crippen LogP contribution >= 0.6 is 0 Å². The van der Waals surface area contributed by atoms with Crippen LogP contribution in [0.5, 0.6) is 0 Å². The highest BCUT2D eigenvalue weighted by atomic mass is 16.3. The van der Waals surface area contributed by atoms with Crippen molar-refractivity contribution in [1.82, 2.24) is 4.90 Å². The highest BCUT2D eigenvalue weighted by Crippen LogP contribution is 2.10. The molecule has 0 saturated carbocycles. The molecule has 0 N–H and O–H groups in total. The zero-order chi connectivity index (χ0) is 9.68. The van der Waals surface area contributed by atoms with E-state index in [0.29, 0.717) is 0 Å². The van der Waals surface area contributed by atoms with Gasteiger partial charge in [-0.1, -0.05) is 12.5 Å². The first-order valence-electron chi connectivity index (χ1n) is 4.60. The van der Waals surface area contributed by atoms with Gasteiger partial charge in [-0.25, -0.2) is 0 Å². The van der Waals surface area contributed by atoms with Crippen LogP contribution < -0.4 is 0 Å². The summed E-state index contributed by atoms with van der Waals surface area (Å²) in [6.45, 7) is 3.16. The van der Waals surface area contributed by atoms with Gasteiger partial charge in [0.05, 0.1) is 6.26 Å². The SMILES string of the molecule is CC/C(=C/c1ccco1)CN(C)C. The number of likely N-dealkylation sites (N-methyl/N-ethyl adjacent to an activating group) is 1. The first-order chi connectivity index (χ1) is 6.22. The monoisotopic (exact) mass is 179 g/mol. The first kappa shape index (κ1) is 10.1. The maximum absolute atomic E-state index is 5.25. The van der Waals surface area contributed by atoms with Crippen molar-refractivity contribution < 1.29 is 4.42 Å². The van der Waals surface area contributed by atoms with Gasteiger partial charge < -0.3 is 9.32 Å². The van der Waals surface area contributed by atoms with Crippen LogP contribution in [-0.4, -0.2) is 25.5 Å². The second-order valence-corrected chi connectivity index (χ2v) is 3.41. The quantitative estimate of drug-likeness (QED) is 0.706. The predicted molar refractivity (Wildman–Crippen MR) is 55.5 cm³/mol. The Hall–Kier alpha value is -1.02. The van der Waals surface area contributed by atoms with Crippen LogP contribution in [0.1, 0.15) is 19.1 Å². The van der Waals surface area contributed by atoms with Crippen LogP contribution in [-0.2, 0) is 0 Å². The van der Waals surface area contributed by atoms with Crippen LogP contribution in [0.15, 0.2) is 28.4 Å². The highest BCUT2D eigenvalue weighted by molar-refractivity contribution is 5.47. The van der Waals surface area contributed by atoms with E-state index in [1.807, 2.05) is 12.1 Å². The smallest absolute Gasteiger partial charge is 0.126 e. The van der Waals surface area contributed by atoms with E-state index in [1.54, 1.807) is 6.26 Å². The Morgan fingerprint density at radius 3 is 2.77 bits per heavy atom. The third kappa shape index (κ3) is 3.47. The van der Waals surface area contributed by atoms with Crippen LogP contribution in [0, 0.1) is 0 Å². The average Bonchev–Trinajstić information content (AvgIpc) is 2.55. The molecule has 1 aromatic rings. The molecular weight excluding hydrogens is 162 g/mol. The number of furan rings is 1. The average molecular weight is 179 g/mol. The number of rotatable bonds is 4. The van der Waals surface area contributed by atoms with Gasteiger partial charge in [-0.2, -0.15) is 0 Å². The molecule has 1 aromatic heterocycles. The van der Waals surface area contributed by atoms with E-state index in [2.05, 4.69) is 32.0 Å². The molecule has 0 aliphatic rings. The molecule has 2 nitrogen and oxygen atoms in total. The van der Waals surface area contributed by atoms with Crippen molar-refractivity contribution in [2.75, 3.05) is 20.6 Å². The minimum Gasteiger partial charge on any atom is -0.465 e. The first-order valence-corrected chi connectivity index (χ1v) is 4.60. The molecule has 0 amide bonds. The largest absolute Gasteiger partial charge is 0.465 e. The molecule has 0 spiro atoms. The van der Waals surface area contributed by atoms with Crippen molar-refractivity contribution in [2.24, 2.45) is 0 Å². The van der Waals surface area contributed by atoms with Gasteiger partial charge in [-0.3, -0.25) is 0 Å². The van der Waals surface area contributed by atoms with Gasteiger partial charge in [0.15, 0.2) is 0 Å². The molecule has 2 heteroatoms. The standard InChI is InChI=1S/C11H17NO/c1-4-10(9-12(2)3)8-11-6-5-7-13-11/h5-8H,4,9H2,1-3H3/b10-8-. The lowest BCUT2D eigenvalue weighted by atomic mass is 10.1. The third-order valence-electron chi connectivity index (χ3n) is 1.86. The molecule has 0 atom stereocenters. The van der Waals surface area contributed by atoms with Crippen LogP contribution in [0.25, 0.3) is 6.08 Å². The number of nitrogens with zero attached hydrogens (tertiary/aromatic N) is 1. The van der Waals surface area contributed by atoms with Crippen LogP contribution in [0.3, 0.4) is 0 Å². The summed E-state index contributed by atoms with van der Waals surface area (Å²) in [5, 5.41) is 0. The Kier molecular flexibility index (Phi) is 3.77. The molecule has 0 aliphatic carbocycles. The lowest BCUT2D eigenvalue weighted by Crippen LogP contribution is -2.14. The topological polar surface area (TPSA) is 16.4 Å². The van der Waals surface area contributed by atoms with Gasteiger partial charge >= 0.3 is 0 Å². The summed E-state index contributed by atoms with van der Waals surface area (Å²) in [7, 11) is 4.15. The summed E-state index contributed by atoms with van der Waals surface area (Å²) >= 11 is 0. The summed E-state index contributed by atoms with van der Waals surface area (Å²) in [6, 6.07) is 3.89. The fraction of sp³-hybridized carbons (Fsp3) is 0.455. The predicted octanol–water partition coefficient (Wildman–Crippen LogP) is 2.63. The van der Waals surface area contributed by atoms with Crippen LogP contribution in [0.4, 0.5) is 0 Å². The Morgan fingerprint density at radius 2 is 2.31 bits per heavy atom. The van der Waals surface area contributed by atoms with Gasteiger partial charge in [0.2, 0.25) is 0 Å². The second-order valence-electron chi connectivity index (χ2n) is 3.41. The van der Waals surface area contributed by atoms with E-state index in [1.165, 1.54) is 5.57 Å². The molecule has 0 aromatic carbocycles. The molecule has 0 saturated heterocycles. The zero-order valence-corrected chi connectivity index (χ0v) is 8.58. The molecule has 0 unspecified atom stereocenters. The maximum atomic E-state index is 5.25. The lowest BCUT2D eigenvalue weighted by Gasteiger charge is -2.11. The van der Waals surface area contributed by atoms with Crippen molar-refractivity contribution in [3.63, 3.8) is 0 Å². The number of hydrogen-bond donors (Lipinski definition) is 0. The molecule has 72 valence electrons. The lowest BCUT2D eigenvalue weighted by molar-refractivity contribution is 0.441. The minimum atomic E-state index is 0.943. The van der Waals surface area contributed by atoms with Crippen LogP contribution in [0.2, 0.25) is 0 Å². The molecule has 0 bridgehead atoms. The molecule has 0 aliphatic heterocycles. The van der Waals surface area contributed by atoms with E-state index in [4.69, 9.17) is 4.42 Å². The summed E-state index contributed by atoms with van der Waals surface area (Å²) < 4.78 is 5.25. The highest BCUT2D eigenvalue weighted by Gasteiger charge is 1.98. The summed E-state index contributed by atoms with van der Waals surface area (Å²) in [5.41, 5.74) is 1.39. The Balaban J connectivity index is 2.65. The maximum Gasteiger partial charge on any atom is 0.126 e. The molecule has 0 radical (unpaired) electrons. The van der Waals surface area contributed by atoms with E-state index >= 15 is 0 Å². The molecule has 1 rings (SSSR count). The van der Waals surface area contributed by atoms with Gasteiger partial charge in [-0.05, 0) is 38.7 Å². The Labute approximate surface area is 79.9 Å². The van der Waals surface area contributed by atoms with E-state index in [0.717, 1.165) is 18.7 Å². The van der Waals surface area contributed by atoms with Gasteiger partial charge in [0.25, 0.3) is 0 Å². The van der Waals surface area contributed by atoms with Gasteiger partial charge in [-0.15, -0.1) is 0 Å². The third-order valence-corrected chi connectivity index (χ3v) is 1.86. The van der Waals surface area contributed by atoms with Crippen molar-refractivity contribution in [3.05, 3.63) is 29.7 Å². The van der Waals surface area contributed by atoms with Gasteiger partial charge in [0.1, 0.15) is 5.76 Å². The second kappa shape index (κ2) is 4.87. The van der Waals surface area contributed by atoms with Crippen molar-refractivity contribution in [3.8, 4) is 0 Å². The zero-order valence-electron chi connectivity index (χ0n) is 8.58.